The van der Waals surface area contributed by atoms with Crippen molar-refractivity contribution in [1.29, 1.82) is 0 Å². The van der Waals surface area contributed by atoms with Gasteiger partial charge in [0.1, 0.15) is 5.82 Å². The van der Waals surface area contributed by atoms with Gasteiger partial charge in [-0.1, -0.05) is 19.1 Å². The number of benzene rings is 1. The molecule has 1 aliphatic rings. The van der Waals surface area contributed by atoms with E-state index < -0.39 is 0 Å². The van der Waals surface area contributed by atoms with E-state index >= 15 is 0 Å². The third kappa shape index (κ3) is 4.31. The van der Waals surface area contributed by atoms with E-state index in [0.717, 1.165) is 24.6 Å². The largest absolute Gasteiger partial charge is 0.462 e. The zero-order chi connectivity index (χ0) is 18.5. The van der Waals surface area contributed by atoms with E-state index in [1.165, 1.54) is 12.8 Å². The number of carbonyl (C=O) groups excluding carboxylic acids is 1. The Morgan fingerprint density at radius 2 is 2.15 bits per heavy atom. The summed E-state index contributed by atoms with van der Waals surface area (Å²) in [7, 11) is 0. The topological polar surface area (TPSA) is 67.3 Å². The average Bonchev–Trinajstić information content (AvgIpc) is 2.62. The molecule has 0 spiro atoms. The van der Waals surface area contributed by atoms with Crippen LogP contribution in [-0.4, -0.2) is 35.6 Å². The van der Waals surface area contributed by atoms with Gasteiger partial charge >= 0.3 is 5.97 Å². The third-order valence-corrected chi connectivity index (χ3v) is 4.49. The van der Waals surface area contributed by atoms with Gasteiger partial charge < -0.3 is 15.0 Å². The summed E-state index contributed by atoms with van der Waals surface area (Å²) >= 11 is 0. The van der Waals surface area contributed by atoms with E-state index in [1.807, 2.05) is 31.2 Å². The molecule has 1 unspecified atom stereocenters. The summed E-state index contributed by atoms with van der Waals surface area (Å²) < 4.78 is 5.13. The van der Waals surface area contributed by atoms with Gasteiger partial charge in [-0.2, -0.15) is 4.98 Å². The Labute approximate surface area is 154 Å². The summed E-state index contributed by atoms with van der Waals surface area (Å²) in [6.07, 6.45) is 2.44. The van der Waals surface area contributed by atoms with Crippen LogP contribution >= 0.6 is 0 Å². The summed E-state index contributed by atoms with van der Waals surface area (Å²) in [5.74, 6) is 1.74. The number of para-hydroxylation sites is 1. The maximum atomic E-state index is 12.2. The molecule has 1 aliphatic heterocycles. The van der Waals surface area contributed by atoms with Crippen molar-refractivity contribution in [3.05, 3.63) is 41.6 Å². The second kappa shape index (κ2) is 8.17. The maximum Gasteiger partial charge on any atom is 0.340 e. The summed E-state index contributed by atoms with van der Waals surface area (Å²) in [6.45, 7) is 8.39. The molecule has 1 aromatic heterocycles. The van der Waals surface area contributed by atoms with Crippen LogP contribution in [0.5, 0.6) is 0 Å². The molecule has 138 valence electrons. The summed E-state index contributed by atoms with van der Waals surface area (Å²) in [4.78, 5) is 23.6. The second-order valence-corrected chi connectivity index (χ2v) is 6.78. The van der Waals surface area contributed by atoms with Crippen molar-refractivity contribution in [3.8, 4) is 0 Å². The Morgan fingerprint density at radius 1 is 1.35 bits per heavy atom. The second-order valence-electron chi connectivity index (χ2n) is 6.78. The Hall–Kier alpha value is -2.63. The Kier molecular flexibility index (Phi) is 5.71. The minimum atomic E-state index is -0.353. The number of hydrogen-bond donors (Lipinski definition) is 1. The summed E-state index contributed by atoms with van der Waals surface area (Å²) in [5, 5.41) is 3.19. The van der Waals surface area contributed by atoms with Gasteiger partial charge in [0.25, 0.3) is 0 Å². The number of anilines is 3. The van der Waals surface area contributed by atoms with Crippen LogP contribution in [0.1, 0.15) is 42.7 Å². The minimum Gasteiger partial charge on any atom is -0.462 e. The zero-order valence-electron chi connectivity index (χ0n) is 15.7. The molecule has 2 heterocycles. The Balaban J connectivity index is 1.86. The van der Waals surface area contributed by atoms with Crippen molar-refractivity contribution >= 4 is 23.4 Å². The normalized spacial score (nSPS) is 17.0. The number of rotatable bonds is 5. The highest BCUT2D eigenvalue weighted by molar-refractivity contribution is 5.96. The molecule has 0 radical (unpaired) electrons. The van der Waals surface area contributed by atoms with Gasteiger partial charge in [-0.25, -0.2) is 9.78 Å². The van der Waals surface area contributed by atoms with E-state index in [1.54, 1.807) is 13.0 Å². The number of ether oxygens (including phenoxy) is 1. The van der Waals surface area contributed by atoms with Crippen LogP contribution in [0.15, 0.2) is 30.3 Å². The molecule has 2 aromatic rings. The first-order chi connectivity index (χ1) is 12.6. The molecule has 1 N–H and O–H groups in total. The van der Waals surface area contributed by atoms with Crippen LogP contribution in [0.4, 0.5) is 17.5 Å². The molecule has 0 bridgehead atoms. The molecule has 1 atom stereocenters. The minimum absolute atomic E-state index is 0.339. The van der Waals surface area contributed by atoms with E-state index in [-0.39, 0.29) is 5.97 Å². The first kappa shape index (κ1) is 18.2. The molecule has 6 heteroatoms. The monoisotopic (exact) mass is 354 g/mol. The van der Waals surface area contributed by atoms with Crippen molar-refractivity contribution < 1.29 is 9.53 Å². The van der Waals surface area contributed by atoms with Crippen molar-refractivity contribution in [2.24, 2.45) is 5.92 Å². The lowest BCUT2D eigenvalue weighted by molar-refractivity contribution is 0.0527. The number of hydrogen-bond acceptors (Lipinski definition) is 6. The number of esters is 1. The number of aryl methyl sites for hydroxylation is 1. The van der Waals surface area contributed by atoms with Crippen LogP contribution < -0.4 is 10.2 Å². The summed E-state index contributed by atoms with van der Waals surface area (Å²) in [6, 6.07) is 9.27. The van der Waals surface area contributed by atoms with Crippen molar-refractivity contribution in [2.45, 2.75) is 33.6 Å². The SMILES string of the molecule is CCOC(=O)c1ccccc1Nc1nc(C)cc(N2CCCC(C)C2)n1. The van der Waals surface area contributed by atoms with Crippen LogP contribution in [0.25, 0.3) is 0 Å². The van der Waals surface area contributed by atoms with Crippen LogP contribution in [0.3, 0.4) is 0 Å². The number of aromatic nitrogens is 2. The van der Waals surface area contributed by atoms with Crippen molar-refractivity contribution in [1.82, 2.24) is 9.97 Å². The fraction of sp³-hybridized carbons (Fsp3) is 0.450. The lowest BCUT2D eigenvalue weighted by atomic mass is 10.0. The predicted molar refractivity (Wildman–Crippen MR) is 103 cm³/mol. The first-order valence-corrected chi connectivity index (χ1v) is 9.20. The first-order valence-electron chi connectivity index (χ1n) is 9.20. The number of carbonyl (C=O) groups is 1. The van der Waals surface area contributed by atoms with Crippen LogP contribution in [0, 0.1) is 12.8 Å². The Morgan fingerprint density at radius 3 is 2.92 bits per heavy atom. The van der Waals surface area contributed by atoms with Crippen LogP contribution in [0.2, 0.25) is 0 Å². The molecular weight excluding hydrogens is 328 g/mol. The van der Waals surface area contributed by atoms with Gasteiger partial charge in [0.05, 0.1) is 17.9 Å². The Bertz CT molecular complexity index is 778. The quantitative estimate of drug-likeness (QED) is 0.820. The standard InChI is InChI=1S/C20H26N4O2/c1-4-26-19(25)16-9-5-6-10-17(16)22-20-21-15(3)12-18(23-20)24-11-7-8-14(2)13-24/h5-6,9-10,12,14H,4,7-8,11,13H2,1-3H3,(H,21,22,23). The number of nitrogens with one attached hydrogen (secondary N) is 1. The van der Waals surface area contributed by atoms with Crippen molar-refractivity contribution in [3.63, 3.8) is 0 Å². The molecule has 0 aliphatic carbocycles. The fourth-order valence-electron chi connectivity index (χ4n) is 3.27. The molecule has 1 fully saturated rings. The number of piperidine rings is 1. The molecule has 1 saturated heterocycles. The predicted octanol–water partition coefficient (Wildman–Crippen LogP) is 3.94. The molecule has 6 nitrogen and oxygen atoms in total. The van der Waals surface area contributed by atoms with Gasteiger partial charge in [0.2, 0.25) is 5.95 Å². The highest BCUT2D eigenvalue weighted by Crippen LogP contribution is 2.25. The average molecular weight is 354 g/mol. The fourth-order valence-corrected chi connectivity index (χ4v) is 3.27. The van der Waals surface area contributed by atoms with Gasteiger partial charge in [0, 0.05) is 24.8 Å². The summed E-state index contributed by atoms with van der Waals surface area (Å²) in [5.41, 5.74) is 2.02. The molecule has 0 saturated carbocycles. The smallest absolute Gasteiger partial charge is 0.340 e. The molecule has 1 aromatic carbocycles. The molecule has 0 amide bonds. The van der Waals surface area contributed by atoms with Crippen LogP contribution in [-0.2, 0) is 4.74 Å². The van der Waals surface area contributed by atoms with E-state index in [4.69, 9.17) is 4.74 Å². The third-order valence-electron chi connectivity index (χ3n) is 4.49. The maximum absolute atomic E-state index is 12.2. The molecular formula is C20H26N4O2. The van der Waals surface area contributed by atoms with E-state index in [2.05, 4.69) is 27.1 Å². The zero-order valence-corrected chi connectivity index (χ0v) is 15.7. The lowest BCUT2D eigenvalue weighted by Gasteiger charge is -2.32. The molecule has 3 rings (SSSR count). The van der Waals surface area contributed by atoms with Gasteiger partial charge in [-0.05, 0) is 44.7 Å². The lowest BCUT2D eigenvalue weighted by Crippen LogP contribution is -2.35. The number of nitrogens with zero attached hydrogens (tertiary/aromatic N) is 3. The van der Waals surface area contributed by atoms with Gasteiger partial charge in [0.15, 0.2) is 0 Å². The van der Waals surface area contributed by atoms with E-state index in [9.17, 15) is 4.79 Å². The highest BCUT2D eigenvalue weighted by atomic mass is 16.5. The molecule has 26 heavy (non-hydrogen) atoms. The van der Waals surface area contributed by atoms with Gasteiger partial charge in [-0.15, -0.1) is 0 Å². The van der Waals surface area contributed by atoms with E-state index in [0.29, 0.717) is 29.7 Å². The van der Waals surface area contributed by atoms with Gasteiger partial charge in [-0.3, -0.25) is 0 Å². The van der Waals surface area contributed by atoms with Crippen molar-refractivity contribution in [2.75, 3.05) is 29.9 Å². The highest BCUT2D eigenvalue weighted by Gasteiger charge is 2.19.